The molecule has 0 bridgehead atoms. The summed E-state index contributed by atoms with van der Waals surface area (Å²) in [5, 5.41) is 0. The van der Waals surface area contributed by atoms with E-state index in [0.29, 0.717) is 9.23 Å². The van der Waals surface area contributed by atoms with Crippen LogP contribution in [0.2, 0.25) is 0 Å². The number of nitrogens with zero attached hydrogens (tertiary/aromatic N) is 3. The van der Waals surface area contributed by atoms with Gasteiger partial charge in [0.1, 0.15) is 10.1 Å². The number of hydrogen-bond acceptors (Lipinski definition) is 4. The molecular weight excluding hydrogens is 362 g/mol. The molecule has 1 aromatic heterocycles. The molecule has 1 atom stereocenters. The quantitative estimate of drug-likeness (QED) is 0.495. The number of fused-ring (bicyclic) bond motifs is 1. The highest BCUT2D eigenvalue weighted by Crippen LogP contribution is 2.38. The normalized spacial score (nSPS) is 17.5. The maximum absolute atomic E-state index is 13.0. The van der Waals surface area contributed by atoms with Gasteiger partial charge in [0.05, 0.1) is 22.0 Å². The minimum atomic E-state index is -0.102. The maximum atomic E-state index is 13.0. The second-order valence-corrected chi connectivity index (χ2v) is 7.83. The van der Waals surface area contributed by atoms with E-state index in [1.807, 2.05) is 79.2 Å². The van der Waals surface area contributed by atoms with E-state index < -0.39 is 0 Å². The lowest BCUT2D eigenvalue weighted by Crippen LogP contribution is -2.31. The number of benzene rings is 2. The van der Waals surface area contributed by atoms with Crippen molar-refractivity contribution in [1.29, 1.82) is 0 Å². The van der Waals surface area contributed by atoms with Gasteiger partial charge >= 0.3 is 0 Å². The van der Waals surface area contributed by atoms with Crippen LogP contribution in [0.5, 0.6) is 0 Å². The Morgan fingerprint density at radius 3 is 2.54 bits per heavy atom. The van der Waals surface area contributed by atoms with Crippen LogP contribution in [0, 0.1) is 0 Å². The van der Waals surface area contributed by atoms with Gasteiger partial charge in [-0.15, -0.1) is 0 Å². The molecule has 6 heteroatoms. The summed E-state index contributed by atoms with van der Waals surface area (Å²) < 4.78 is 2.57. The van der Waals surface area contributed by atoms with Gasteiger partial charge < -0.3 is 4.57 Å². The molecule has 0 unspecified atom stereocenters. The smallest absolute Gasteiger partial charge is 0.266 e. The van der Waals surface area contributed by atoms with Crippen LogP contribution < -0.4 is 0 Å². The number of amides is 1. The molecule has 3 aromatic rings. The van der Waals surface area contributed by atoms with Gasteiger partial charge in [-0.05, 0) is 24.6 Å². The third kappa shape index (κ3) is 2.85. The molecule has 0 aliphatic carbocycles. The fourth-order valence-electron chi connectivity index (χ4n) is 3.10. The fourth-order valence-corrected chi connectivity index (χ4v) is 4.49. The molecule has 26 heavy (non-hydrogen) atoms. The summed E-state index contributed by atoms with van der Waals surface area (Å²) in [5.41, 5.74) is 3.01. The van der Waals surface area contributed by atoms with Crippen LogP contribution in [-0.2, 0) is 11.8 Å². The molecule has 130 valence electrons. The molecule has 1 saturated heterocycles. The zero-order chi connectivity index (χ0) is 18.3. The predicted octanol–water partition coefficient (Wildman–Crippen LogP) is 4.54. The highest BCUT2D eigenvalue weighted by Gasteiger charge is 2.36. The third-order valence-corrected chi connectivity index (χ3v) is 5.91. The summed E-state index contributed by atoms with van der Waals surface area (Å²) in [6.45, 7) is 2.00. The van der Waals surface area contributed by atoms with E-state index in [9.17, 15) is 4.79 Å². The summed E-state index contributed by atoms with van der Waals surface area (Å²) in [6, 6.07) is 17.8. The van der Waals surface area contributed by atoms with E-state index in [-0.39, 0.29) is 11.9 Å². The molecule has 4 nitrogen and oxygen atoms in total. The monoisotopic (exact) mass is 379 g/mol. The average Bonchev–Trinajstić information content (AvgIpc) is 3.12. The maximum Gasteiger partial charge on any atom is 0.266 e. The zero-order valence-corrected chi connectivity index (χ0v) is 16.1. The lowest BCUT2D eigenvalue weighted by Gasteiger charge is -2.23. The first-order valence-electron chi connectivity index (χ1n) is 8.29. The molecule has 2 heterocycles. The number of thiocarbonyl (C=S) groups is 1. The third-order valence-electron chi connectivity index (χ3n) is 4.57. The number of imidazole rings is 1. The van der Waals surface area contributed by atoms with Crippen molar-refractivity contribution in [2.24, 2.45) is 7.05 Å². The Balaban J connectivity index is 1.68. The summed E-state index contributed by atoms with van der Waals surface area (Å²) in [4.78, 5) is 19.9. The van der Waals surface area contributed by atoms with Gasteiger partial charge in [0.25, 0.3) is 5.91 Å². The SMILES string of the molecule is C[C@H](c1ccccc1)N1C(=O)/C(=C\c2nc3ccccc3n2C)SC1=S. The molecule has 1 aliphatic rings. The van der Waals surface area contributed by atoms with Gasteiger partial charge in [0, 0.05) is 13.1 Å². The molecular formula is C20H17N3OS2. The van der Waals surface area contributed by atoms with E-state index in [1.165, 1.54) is 11.8 Å². The van der Waals surface area contributed by atoms with Crippen molar-refractivity contribution in [3.63, 3.8) is 0 Å². The predicted molar refractivity (Wildman–Crippen MR) is 111 cm³/mol. The number of hydrogen-bond donors (Lipinski definition) is 0. The lowest BCUT2D eigenvalue weighted by atomic mass is 10.1. The van der Waals surface area contributed by atoms with Crippen LogP contribution in [-0.4, -0.2) is 24.7 Å². The van der Waals surface area contributed by atoms with Crippen LogP contribution in [0.1, 0.15) is 24.4 Å². The molecule has 0 spiro atoms. The molecule has 1 amide bonds. The first-order valence-corrected chi connectivity index (χ1v) is 9.52. The molecule has 4 rings (SSSR count). The van der Waals surface area contributed by atoms with Gasteiger partial charge in [0.15, 0.2) is 0 Å². The summed E-state index contributed by atoms with van der Waals surface area (Å²) >= 11 is 6.82. The van der Waals surface area contributed by atoms with Crippen LogP contribution >= 0.6 is 24.0 Å². The summed E-state index contributed by atoms with van der Waals surface area (Å²) in [7, 11) is 1.95. The van der Waals surface area contributed by atoms with Crippen LogP contribution in [0.3, 0.4) is 0 Å². The standard InChI is InChI=1S/C20H17N3OS2/c1-13(14-8-4-3-5-9-14)23-19(24)17(26-20(23)25)12-18-21-15-10-6-7-11-16(15)22(18)2/h3-13H,1-2H3/b17-12+/t13-/m1/s1. The number of carbonyl (C=O) groups is 1. The molecule has 0 N–H and O–H groups in total. The number of carbonyl (C=O) groups excluding carboxylic acids is 1. The molecule has 0 saturated carbocycles. The topological polar surface area (TPSA) is 38.1 Å². The minimum Gasteiger partial charge on any atom is -0.328 e. The second-order valence-electron chi connectivity index (χ2n) is 6.16. The molecule has 1 aliphatic heterocycles. The van der Waals surface area contributed by atoms with E-state index in [4.69, 9.17) is 12.2 Å². The highest BCUT2D eigenvalue weighted by molar-refractivity contribution is 8.26. The van der Waals surface area contributed by atoms with Gasteiger partial charge in [0.2, 0.25) is 0 Å². The minimum absolute atomic E-state index is 0.0663. The largest absolute Gasteiger partial charge is 0.328 e. The van der Waals surface area contributed by atoms with E-state index in [1.54, 1.807) is 4.90 Å². The Hall–Kier alpha value is -2.44. The zero-order valence-electron chi connectivity index (χ0n) is 14.4. The van der Waals surface area contributed by atoms with Gasteiger partial charge in [-0.25, -0.2) is 4.98 Å². The Morgan fingerprint density at radius 2 is 1.81 bits per heavy atom. The Bertz CT molecular complexity index is 1040. The van der Waals surface area contributed by atoms with Crippen molar-refractivity contribution in [2.45, 2.75) is 13.0 Å². The molecule has 0 radical (unpaired) electrons. The average molecular weight is 380 g/mol. The first-order chi connectivity index (χ1) is 12.6. The Morgan fingerprint density at radius 1 is 1.12 bits per heavy atom. The highest BCUT2D eigenvalue weighted by atomic mass is 32.2. The van der Waals surface area contributed by atoms with E-state index in [0.717, 1.165) is 22.4 Å². The van der Waals surface area contributed by atoms with Gasteiger partial charge in [-0.1, -0.05) is 66.4 Å². The molecule has 2 aromatic carbocycles. The molecule has 1 fully saturated rings. The number of para-hydroxylation sites is 2. The summed E-state index contributed by atoms with van der Waals surface area (Å²) in [5.74, 6) is 0.683. The van der Waals surface area contributed by atoms with Crippen LogP contribution in [0.4, 0.5) is 0 Å². The second kappa shape index (κ2) is 6.70. The van der Waals surface area contributed by atoms with Crippen LogP contribution in [0.15, 0.2) is 59.5 Å². The van der Waals surface area contributed by atoms with Gasteiger partial charge in [-0.3, -0.25) is 9.69 Å². The fraction of sp³-hybridized carbons (Fsp3) is 0.150. The first kappa shape index (κ1) is 17.0. The van der Waals surface area contributed by atoms with Crippen molar-refractivity contribution in [3.8, 4) is 0 Å². The Labute approximate surface area is 161 Å². The van der Waals surface area contributed by atoms with Crippen LogP contribution in [0.25, 0.3) is 17.1 Å². The Kier molecular flexibility index (Phi) is 4.38. The summed E-state index contributed by atoms with van der Waals surface area (Å²) in [6.07, 6.45) is 1.83. The van der Waals surface area contributed by atoms with Crippen molar-refractivity contribution in [3.05, 3.63) is 70.9 Å². The lowest BCUT2D eigenvalue weighted by molar-refractivity contribution is -0.123. The van der Waals surface area contributed by atoms with Crippen molar-refractivity contribution in [1.82, 2.24) is 14.5 Å². The van der Waals surface area contributed by atoms with Crippen molar-refractivity contribution < 1.29 is 4.79 Å². The van der Waals surface area contributed by atoms with E-state index >= 15 is 0 Å². The van der Waals surface area contributed by atoms with E-state index in [2.05, 4.69) is 4.98 Å². The number of aromatic nitrogens is 2. The number of rotatable bonds is 3. The van der Waals surface area contributed by atoms with Crippen molar-refractivity contribution in [2.75, 3.05) is 0 Å². The van der Waals surface area contributed by atoms with Crippen molar-refractivity contribution >= 4 is 51.3 Å². The number of thioether (sulfide) groups is 1. The number of aryl methyl sites for hydroxylation is 1. The van der Waals surface area contributed by atoms with Gasteiger partial charge in [-0.2, -0.15) is 0 Å².